The number of aliphatic carboxylic acids is 2. The van der Waals surface area contributed by atoms with Crippen LogP contribution in [0.1, 0.15) is 32.6 Å². The Kier molecular flexibility index (Phi) is 31.3. The molecule has 21 rings (SSSR count). The van der Waals surface area contributed by atoms with Gasteiger partial charge < -0.3 is 188 Å². The topological polar surface area (TPSA) is 653 Å². The lowest BCUT2D eigenvalue weighted by Gasteiger charge is -2.50. The fraction of sp³-hybridized carbons (Fsp3) is 0.930. The molecule has 0 saturated carbocycles. The number of carboxylic acid groups (broad SMARTS) is 2. The lowest BCUT2D eigenvalue weighted by molar-refractivity contribution is -0.434. The highest BCUT2D eigenvalue weighted by molar-refractivity contribution is 7.99. The summed E-state index contributed by atoms with van der Waals surface area (Å²) < 4.78 is 91.4. The molecule has 21 aliphatic rings. The largest absolute Gasteiger partial charge is 0.481 e. The molecule has 0 aliphatic carbocycles. The Balaban J connectivity index is 1.06. The summed E-state index contributed by atoms with van der Waals surface area (Å²) in [5.41, 5.74) is -1.63. The van der Waals surface area contributed by atoms with Crippen molar-refractivity contribution in [1.29, 1.82) is 0 Å². The van der Waals surface area contributed by atoms with E-state index in [-0.39, 0.29) is 63.0 Å². The lowest BCUT2D eigenvalue weighted by atomic mass is 9.96. The molecule has 14 bridgehead atoms. The molecule has 22 N–H and O–H groups in total. The van der Waals surface area contributed by atoms with Gasteiger partial charge in [0.05, 0.1) is 58.3 Å². The van der Waals surface area contributed by atoms with Crippen molar-refractivity contribution in [3.63, 3.8) is 0 Å². The highest BCUT2D eigenvalue weighted by Gasteiger charge is 2.62. The zero-order chi connectivity index (χ0) is 74.1. The number of hydrogen-bond acceptors (Lipinski definition) is 42. The first-order chi connectivity index (χ1) is 47.8. The van der Waals surface area contributed by atoms with E-state index in [1.54, 1.807) is 0 Å². The molecule has 584 valence electrons. The van der Waals surface area contributed by atoms with Gasteiger partial charge in [-0.2, -0.15) is 11.8 Å². The smallest absolute Gasteiger partial charge is 0.320 e. The first kappa shape index (κ1) is 84.2. The zero-order valence-electron chi connectivity index (χ0n) is 54.2. The van der Waals surface area contributed by atoms with E-state index >= 15 is 0 Å². The fourth-order valence-electron chi connectivity index (χ4n) is 12.1. The van der Waals surface area contributed by atoms with Gasteiger partial charge in [-0.1, -0.05) is 0 Å². The Bertz CT molecular complexity index is 2620. The average Bonchev–Trinajstić information content (AvgIpc) is 0.889. The predicted octanol–water partition coefficient (Wildman–Crippen LogP) is -12.7. The average molecular weight is 1510 g/mol. The van der Waals surface area contributed by atoms with E-state index in [4.69, 9.17) is 75.8 Å². The highest BCUT2D eigenvalue weighted by Crippen LogP contribution is 2.41. The van der Waals surface area contributed by atoms with Crippen molar-refractivity contribution in [2.24, 2.45) is 5.92 Å². The molecule has 42 nitrogen and oxygen atoms in total. The van der Waals surface area contributed by atoms with Crippen LogP contribution < -0.4 is 5.32 Å². The molecule has 44 heteroatoms. The molecule has 21 heterocycles. The maximum absolute atomic E-state index is 13.0. The number of thioether (sulfide) groups is 2. The van der Waals surface area contributed by atoms with Gasteiger partial charge in [-0.3, -0.25) is 19.2 Å². The van der Waals surface area contributed by atoms with E-state index in [2.05, 4.69) is 5.32 Å². The van der Waals surface area contributed by atoms with Crippen molar-refractivity contribution in [3.8, 4) is 0 Å². The van der Waals surface area contributed by atoms with Gasteiger partial charge in [-0.25, -0.2) is 0 Å². The van der Waals surface area contributed by atoms with E-state index in [0.29, 0.717) is 0 Å². The minimum Gasteiger partial charge on any atom is -0.481 e. The van der Waals surface area contributed by atoms with Crippen molar-refractivity contribution >= 4 is 47.0 Å². The number of hydrogen-bond donors (Lipinski definition) is 22. The summed E-state index contributed by atoms with van der Waals surface area (Å²) in [7, 11) is 1.35. The third-order valence-electron chi connectivity index (χ3n) is 18.0. The summed E-state index contributed by atoms with van der Waals surface area (Å²) in [5, 5.41) is 240. The first-order valence-electron chi connectivity index (χ1n) is 32.2. The van der Waals surface area contributed by atoms with E-state index in [1.807, 2.05) is 0 Å². The van der Waals surface area contributed by atoms with Crippen LogP contribution in [0.2, 0.25) is 0 Å². The molecule has 0 aromatic heterocycles. The second-order valence-corrected chi connectivity index (χ2v) is 27.5. The van der Waals surface area contributed by atoms with Gasteiger partial charge in [-0.15, -0.1) is 11.8 Å². The second-order valence-electron chi connectivity index (χ2n) is 25.2. The predicted molar refractivity (Wildman–Crippen MR) is 322 cm³/mol. The van der Waals surface area contributed by atoms with E-state index < -0.39 is 276 Å². The Morgan fingerprint density at radius 2 is 0.861 bits per heavy atom. The number of likely N-dealkylation sites (N-methyl/N-ethyl adjacent to an activating group) is 1. The molecule has 0 aromatic rings. The maximum Gasteiger partial charge on any atom is 0.320 e. The molecule has 0 amide bonds. The van der Waals surface area contributed by atoms with Crippen LogP contribution in [0.5, 0.6) is 0 Å². The van der Waals surface area contributed by atoms with E-state index in [1.165, 1.54) is 14.0 Å². The number of aliphatic hydroxyl groups is 19. The van der Waals surface area contributed by atoms with Crippen LogP contribution in [-0.2, 0) is 95.0 Å². The van der Waals surface area contributed by atoms with Crippen LogP contribution >= 0.6 is 23.5 Å². The van der Waals surface area contributed by atoms with Gasteiger partial charge in [0.1, 0.15) is 171 Å². The van der Waals surface area contributed by atoms with Gasteiger partial charge in [0.2, 0.25) is 11.6 Å². The summed E-state index contributed by atoms with van der Waals surface area (Å²) in [6.07, 6.45) is -66.1. The summed E-state index contributed by atoms with van der Waals surface area (Å²) in [5.74, 6) is -12.1. The number of carboxylic acids is 2. The molecule has 21 fully saturated rings. The number of nitrogens with one attached hydrogen (secondary N) is 1. The molecule has 21 aliphatic heterocycles. The maximum atomic E-state index is 13.0. The highest BCUT2D eigenvalue weighted by atomic mass is 32.2. The molecular formula is C57H93NO41S2. The zero-order valence-corrected chi connectivity index (χ0v) is 55.9. The summed E-state index contributed by atoms with van der Waals surface area (Å²) in [6.45, 7) is -4.24. The van der Waals surface area contributed by atoms with Crippen molar-refractivity contribution < 1.29 is 202 Å². The summed E-state index contributed by atoms with van der Waals surface area (Å²) in [4.78, 5) is 48.6. The number of carbonyl (C=O) groups is 4. The Hall–Kier alpha value is -2.46. The van der Waals surface area contributed by atoms with Crippen LogP contribution in [0.25, 0.3) is 0 Å². The fourth-order valence-corrected chi connectivity index (χ4v) is 14.4. The minimum absolute atomic E-state index is 0.0603. The van der Waals surface area contributed by atoms with E-state index in [0.717, 1.165) is 23.5 Å². The monoisotopic (exact) mass is 1510 g/mol. The van der Waals surface area contributed by atoms with E-state index in [9.17, 15) is 126 Å². The van der Waals surface area contributed by atoms with Gasteiger partial charge >= 0.3 is 11.9 Å². The summed E-state index contributed by atoms with van der Waals surface area (Å²) >= 11 is 1.48. The molecule has 0 spiro atoms. The molecule has 0 radical (unpaired) electrons. The number of rotatable bonds is 25. The van der Waals surface area contributed by atoms with Crippen molar-refractivity contribution in [2.45, 2.75) is 240 Å². The van der Waals surface area contributed by atoms with Gasteiger partial charge in [0.15, 0.2) is 44.0 Å². The van der Waals surface area contributed by atoms with Crippen molar-refractivity contribution in [3.05, 3.63) is 0 Å². The van der Waals surface area contributed by atoms with Crippen LogP contribution in [0.15, 0.2) is 0 Å². The third kappa shape index (κ3) is 20.1. The lowest BCUT2D eigenvalue weighted by Crippen LogP contribution is -2.69. The Labute approximate surface area is 582 Å². The van der Waals surface area contributed by atoms with Crippen molar-refractivity contribution in [2.75, 3.05) is 83.8 Å². The van der Waals surface area contributed by atoms with Crippen LogP contribution in [0.3, 0.4) is 0 Å². The van der Waals surface area contributed by atoms with Crippen molar-refractivity contribution in [1.82, 2.24) is 5.32 Å². The molecule has 101 heavy (non-hydrogen) atoms. The Morgan fingerprint density at radius 1 is 0.475 bits per heavy atom. The molecule has 21 saturated heterocycles. The first-order valence-corrected chi connectivity index (χ1v) is 34.4. The molecule has 35 atom stereocenters. The Morgan fingerprint density at radius 3 is 1.29 bits per heavy atom. The number of ketones is 2. The third-order valence-corrected chi connectivity index (χ3v) is 20.4. The standard InChI is InChI=1S/C57H93NO41S2/c1-19(62)3-6-84-8-9-85-7-4-21(63)11-20(46(78)79)15-100-16-26-42-30(67)36(73)54(91-26)99-57(83)18-87-49(38(75)45(57)77)93-40-24(13-60)89-51(33(70)28(40)65)96-43-31(68)34(71)52(97-55(43)101-10-5-22(58-2)47(80)81)94-41-25(14-61)90-53(35(72)29(41)66)98-56(82)17-86-48(37(74)44(56)76)92-39-23(12-59)88-50(95-42)32(69)27(39)64/h20,22-45,48-55,58-61,64-77,82-83H,3-18H2,1-2H3,(H,78,79)(H,80,81)/t20?,22?,23?,24?,25?,26?,27-,28+,29-,30-,31-,32?,33?,34?,35?,36?,37?,38?,39-,40-,41-,42-,43+,44-,45-,48-,49+,50-,51+,52-,53-,54-,55?,56-,57-/m1/s1. The number of Topliss-reactive ketones (excluding diaryl/α,β-unsaturated/α-hetero) is 2. The molecule has 14 unspecified atom stereocenters. The second kappa shape index (κ2) is 37.6. The molecular weight excluding hydrogens is 1420 g/mol. The minimum atomic E-state index is -3.18. The number of carbonyl (C=O) groups excluding carboxylic acids is 2. The quantitative estimate of drug-likeness (QED) is 0.0377. The number of aliphatic hydroxyl groups excluding tert-OH is 17. The van der Waals surface area contributed by atoms with Gasteiger partial charge in [0.25, 0.3) is 0 Å². The van der Waals surface area contributed by atoms with Crippen LogP contribution in [0, 0.1) is 5.92 Å². The normalized spacial score (nSPS) is 45.5. The van der Waals surface area contributed by atoms with Gasteiger partial charge in [-0.05, 0) is 26.1 Å². The van der Waals surface area contributed by atoms with Crippen LogP contribution in [0.4, 0.5) is 0 Å². The SMILES string of the molecule is CNC(CCSC1O[C@H]2O[C@@H]3C(CO)O[C@H](O[C@]4(O)CO[C@H](O[C@@H]5C(CO)O[C@H](O[C@@H]6C(CSCC(CC(=O)CCOCCOCCC(C)=O)C(=O)O)O[C@H](O[C@]7(O)CO[C@@H](O[C@@H]8C(CO)O[C@@H](O[C@H]1[C@H](O)C2O)C(O)[C@@H]8O)C(O)[C@H]7O)C(O)[C@H]6O)C(O)[C@H]5O)C(O)[C@H]4O)C(O)[C@H]3O)C(=O)O. The van der Waals surface area contributed by atoms with Crippen LogP contribution in [-0.4, -0.2) is 422 Å². The number of ether oxygens (including phenoxy) is 16. The van der Waals surface area contributed by atoms with Gasteiger partial charge in [0, 0.05) is 30.8 Å². The summed E-state index contributed by atoms with van der Waals surface area (Å²) in [6, 6.07) is -1.17. The molecule has 0 aromatic carbocycles.